The van der Waals surface area contributed by atoms with Crippen molar-refractivity contribution >= 4 is 19.1 Å². The number of hydrogen-bond donors (Lipinski definition) is 0. The Balaban J connectivity index is 3.02. The molecular weight excluding hydrogens is 259 g/mol. The molecule has 0 saturated heterocycles. The van der Waals surface area contributed by atoms with Crippen molar-refractivity contribution in [3.05, 3.63) is 35.4 Å². The molecular formula is C11H13O6P. The third-order valence-electron chi connectivity index (χ3n) is 2.28. The molecule has 0 amide bonds. The van der Waals surface area contributed by atoms with Gasteiger partial charge < -0.3 is 13.8 Å². The van der Waals surface area contributed by atoms with E-state index in [0.29, 0.717) is 5.56 Å². The molecule has 0 aromatic heterocycles. The van der Waals surface area contributed by atoms with Crippen LogP contribution in [0.15, 0.2) is 24.3 Å². The molecule has 0 aliphatic carbocycles. The lowest BCUT2D eigenvalue weighted by Crippen LogP contribution is -2.06. The van der Waals surface area contributed by atoms with Crippen LogP contribution in [0.3, 0.4) is 0 Å². The van der Waals surface area contributed by atoms with Crippen LogP contribution in [0, 0.1) is 0 Å². The summed E-state index contributed by atoms with van der Waals surface area (Å²) >= 11 is 0. The molecule has 7 heteroatoms. The third kappa shape index (κ3) is 2.85. The molecule has 1 rings (SSSR count). The maximum atomic E-state index is 11.9. The SMILES string of the molecule is COC(=O)c1ccc(C(=O)P(=O)(OC)OC)cc1. The number of esters is 1. The molecule has 0 atom stereocenters. The molecule has 1 aromatic rings. The van der Waals surface area contributed by atoms with Gasteiger partial charge in [-0.05, 0) is 24.3 Å². The van der Waals surface area contributed by atoms with Gasteiger partial charge >= 0.3 is 13.6 Å². The molecule has 0 spiro atoms. The van der Waals surface area contributed by atoms with Gasteiger partial charge in [0.05, 0.1) is 12.7 Å². The summed E-state index contributed by atoms with van der Waals surface area (Å²) in [5, 5.41) is 0. The van der Waals surface area contributed by atoms with Gasteiger partial charge in [-0.25, -0.2) is 4.79 Å². The smallest absolute Gasteiger partial charge is 0.401 e. The third-order valence-corrected chi connectivity index (χ3v) is 4.00. The zero-order chi connectivity index (χ0) is 13.8. The summed E-state index contributed by atoms with van der Waals surface area (Å²) in [5.41, 5.74) is -0.336. The van der Waals surface area contributed by atoms with Gasteiger partial charge in [0.15, 0.2) is 0 Å². The van der Waals surface area contributed by atoms with Crippen molar-refractivity contribution in [1.82, 2.24) is 0 Å². The largest absolute Gasteiger partial charge is 0.465 e. The van der Waals surface area contributed by atoms with Gasteiger partial charge in [0.1, 0.15) is 0 Å². The lowest BCUT2D eigenvalue weighted by molar-refractivity contribution is 0.0600. The highest BCUT2D eigenvalue weighted by Crippen LogP contribution is 2.49. The predicted octanol–water partition coefficient (Wildman–Crippen LogP) is 2.10. The lowest BCUT2D eigenvalue weighted by atomic mass is 10.1. The monoisotopic (exact) mass is 272 g/mol. The van der Waals surface area contributed by atoms with Crippen molar-refractivity contribution in [3.8, 4) is 0 Å². The van der Waals surface area contributed by atoms with Crippen molar-refractivity contribution in [1.29, 1.82) is 0 Å². The second-order valence-corrected chi connectivity index (χ2v) is 5.37. The number of benzene rings is 1. The first-order valence-corrected chi connectivity index (χ1v) is 6.47. The van der Waals surface area contributed by atoms with E-state index in [-0.39, 0.29) is 5.56 Å². The second kappa shape index (κ2) is 5.91. The fourth-order valence-corrected chi connectivity index (χ4v) is 2.21. The van der Waals surface area contributed by atoms with Crippen molar-refractivity contribution in [2.45, 2.75) is 0 Å². The first-order chi connectivity index (χ1) is 8.48. The molecule has 1 aromatic carbocycles. The van der Waals surface area contributed by atoms with E-state index in [2.05, 4.69) is 13.8 Å². The maximum Gasteiger partial charge on any atom is 0.401 e. The van der Waals surface area contributed by atoms with Crippen LogP contribution in [0.1, 0.15) is 20.7 Å². The second-order valence-electron chi connectivity index (χ2n) is 3.24. The molecule has 6 nitrogen and oxygen atoms in total. The van der Waals surface area contributed by atoms with Gasteiger partial charge in [0, 0.05) is 19.8 Å². The Kier molecular flexibility index (Phi) is 4.78. The quantitative estimate of drug-likeness (QED) is 0.603. The van der Waals surface area contributed by atoms with Crippen molar-refractivity contribution in [2.24, 2.45) is 0 Å². The minimum atomic E-state index is -3.79. The molecule has 0 radical (unpaired) electrons. The Morgan fingerprint density at radius 3 is 1.78 bits per heavy atom. The minimum absolute atomic E-state index is 0.134. The molecule has 0 N–H and O–H groups in total. The molecule has 0 aliphatic heterocycles. The van der Waals surface area contributed by atoms with Crippen molar-refractivity contribution in [3.63, 3.8) is 0 Å². The van der Waals surface area contributed by atoms with E-state index in [1.165, 1.54) is 31.4 Å². The van der Waals surface area contributed by atoms with E-state index in [1.807, 2.05) is 0 Å². The number of methoxy groups -OCH3 is 1. The molecule has 0 bridgehead atoms. The predicted molar refractivity (Wildman–Crippen MR) is 63.7 cm³/mol. The first kappa shape index (κ1) is 14.6. The summed E-state index contributed by atoms with van der Waals surface area (Å²) in [4.78, 5) is 23.0. The normalized spacial score (nSPS) is 11.1. The summed E-state index contributed by atoms with van der Waals surface area (Å²) in [6.45, 7) is 0. The van der Waals surface area contributed by atoms with Crippen molar-refractivity contribution in [2.75, 3.05) is 21.3 Å². The van der Waals surface area contributed by atoms with Crippen LogP contribution in [-0.2, 0) is 18.3 Å². The van der Waals surface area contributed by atoms with Gasteiger partial charge in [-0.3, -0.25) is 9.36 Å². The van der Waals surface area contributed by atoms with E-state index in [9.17, 15) is 14.2 Å². The zero-order valence-corrected chi connectivity index (χ0v) is 11.1. The number of ether oxygens (including phenoxy) is 1. The van der Waals surface area contributed by atoms with Gasteiger partial charge in [0.25, 0.3) is 5.52 Å². The van der Waals surface area contributed by atoms with Gasteiger partial charge in [-0.2, -0.15) is 0 Å². The van der Waals surface area contributed by atoms with Crippen LogP contribution in [-0.4, -0.2) is 32.8 Å². The van der Waals surface area contributed by atoms with E-state index in [4.69, 9.17) is 0 Å². The Labute approximate surface area is 104 Å². The van der Waals surface area contributed by atoms with E-state index in [0.717, 1.165) is 14.2 Å². The fourth-order valence-electron chi connectivity index (χ4n) is 1.27. The van der Waals surface area contributed by atoms with E-state index in [1.54, 1.807) is 0 Å². The number of hydrogen-bond acceptors (Lipinski definition) is 6. The van der Waals surface area contributed by atoms with E-state index < -0.39 is 19.1 Å². The molecule has 0 saturated carbocycles. The summed E-state index contributed by atoms with van der Waals surface area (Å²) in [5.74, 6) is -0.518. The molecule has 0 fully saturated rings. The van der Waals surface area contributed by atoms with Crippen LogP contribution in [0.25, 0.3) is 0 Å². The standard InChI is InChI=1S/C11H13O6P/c1-15-10(12)8-4-6-9(7-5-8)11(13)18(14,16-2)17-3/h4-7H,1-3H3. The van der Waals surface area contributed by atoms with Crippen LogP contribution < -0.4 is 0 Å². The molecule has 0 heterocycles. The van der Waals surface area contributed by atoms with Gasteiger partial charge in [0.2, 0.25) is 0 Å². The molecule has 98 valence electrons. The summed E-state index contributed by atoms with van der Waals surface area (Å²) in [6, 6.07) is 5.52. The number of rotatable bonds is 5. The topological polar surface area (TPSA) is 78.9 Å². The average Bonchev–Trinajstić information content (AvgIpc) is 2.44. The Morgan fingerprint density at radius 1 is 0.944 bits per heavy atom. The lowest BCUT2D eigenvalue weighted by Gasteiger charge is -2.11. The van der Waals surface area contributed by atoms with Crippen molar-refractivity contribution < 1.29 is 27.9 Å². The van der Waals surface area contributed by atoms with Crippen LogP contribution in [0.2, 0.25) is 0 Å². The highest BCUT2D eigenvalue weighted by atomic mass is 31.2. The highest BCUT2D eigenvalue weighted by Gasteiger charge is 2.33. The molecule has 0 aliphatic rings. The summed E-state index contributed by atoms with van der Waals surface area (Å²) < 4.78 is 25.5. The Hall–Kier alpha value is -1.49. The molecule has 18 heavy (non-hydrogen) atoms. The Morgan fingerprint density at radius 2 is 1.39 bits per heavy atom. The first-order valence-electron chi connectivity index (χ1n) is 4.93. The number of carbonyl (C=O) groups is 2. The summed E-state index contributed by atoms with van der Waals surface area (Å²) in [7, 11) is -0.280. The van der Waals surface area contributed by atoms with Crippen LogP contribution in [0.4, 0.5) is 0 Å². The maximum absolute atomic E-state index is 11.9. The average molecular weight is 272 g/mol. The zero-order valence-electron chi connectivity index (χ0n) is 10.2. The van der Waals surface area contributed by atoms with Crippen LogP contribution >= 0.6 is 7.60 Å². The molecule has 0 unspecified atom stereocenters. The summed E-state index contributed by atoms with van der Waals surface area (Å²) in [6.07, 6.45) is 0. The van der Waals surface area contributed by atoms with Crippen LogP contribution in [0.5, 0.6) is 0 Å². The Bertz CT molecular complexity index is 485. The fraction of sp³-hybridized carbons (Fsp3) is 0.273. The minimum Gasteiger partial charge on any atom is -0.465 e. The van der Waals surface area contributed by atoms with E-state index >= 15 is 0 Å². The van der Waals surface area contributed by atoms with Gasteiger partial charge in [-0.15, -0.1) is 0 Å². The van der Waals surface area contributed by atoms with Gasteiger partial charge in [-0.1, -0.05) is 0 Å². The number of carbonyl (C=O) groups excluding carboxylic acids is 2. The highest BCUT2D eigenvalue weighted by molar-refractivity contribution is 7.72.